The summed E-state index contributed by atoms with van der Waals surface area (Å²) in [5.41, 5.74) is 4.18. The molecule has 0 aliphatic rings. The maximum atomic E-state index is 13.1. The first kappa shape index (κ1) is 13.6. The number of hydrogen-bond donors (Lipinski definition) is 1. The van der Waals surface area contributed by atoms with Gasteiger partial charge in [0.1, 0.15) is 5.82 Å². The van der Waals surface area contributed by atoms with E-state index in [0.717, 1.165) is 29.1 Å². The lowest BCUT2D eigenvalue weighted by Crippen LogP contribution is -2.19. The highest BCUT2D eigenvalue weighted by atomic mass is 19.1. The average Bonchev–Trinajstić information content (AvgIpc) is 2.56. The van der Waals surface area contributed by atoms with E-state index in [1.165, 1.54) is 6.07 Å². The van der Waals surface area contributed by atoms with Crippen LogP contribution >= 0.6 is 0 Å². The lowest BCUT2D eigenvalue weighted by Gasteiger charge is -2.15. The summed E-state index contributed by atoms with van der Waals surface area (Å²) in [4.78, 5) is 0. The summed E-state index contributed by atoms with van der Waals surface area (Å²) in [6.45, 7) is 6.12. The lowest BCUT2D eigenvalue weighted by atomic mass is 10.1. The van der Waals surface area contributed by atoms with Gasteiger partial charge in [-0.25, -0.2) is 4.39 Å². The van der Waals surface area contributed by atoms with Gasteiger partial charge in [0.05, 0.1) is 17.1 Å². The number of anilines is 1. The summed E-state index contributed by atoms with van der Waals surface area (Å²) >= 11 is 0. The molecule has 3 nitrogen and oxygen atoms in total. The normalized spacial score (nSPS) is 12.5. The molecule has 0 aliphatic carbocycles. The number of aromatic nitrogens is 2. The van der Waals surface area contributed by atoms with Gasteiger partial charge in [0.25, 0.3) is 0 Å². The molecule has 1 unspecified atom stereocenters. The van der Waals surface area contributed by atoms with Gasteiger partial charge in [-0.15, -0.1) is 0 Å². The molecule has 4 heteroatoms. The minimum atomic E-state index is -0.182. The maximum Gasteiger partial charge on any atom is 0.123 e. The highest BCUT2D eigenvalue weighted by molar-refractivity contribution is 5.52. The van der Waals surface area contributed by atoms with Crippen molar-refractivity contribution < 1.29 is 4.39 Å². The zero-order valence-electron chi connectivity index (χ0n) is 11.9. The lowest BCUT2D eigenvalue weighted by molar-refractivity contribution is 0.624. The van der Waals surface area contributed by atoms with Crippen molar-refractivity contribution in [3.8, 4) is 0 Å². The van der Waals surface area contributed by atoms with E-state index in [1.807, 2.05) is 31.6 Å². The van der Waals surface area contributed by atoms with E-state index in [-0.39, 0.29) is 11.9 Å². The molecule has 0 saturated heterocycles. The molecule has 1 aromatic carbocycles. The molecule has 0 bridgehead atoms. The van der Waals surface area contributed by atoms with Crippen molar-refractivity contribution in [2.24, 2.45) is 7.05 Å². The van der Waals surface area contributed by atoms with Crippen LogP contribution in [0.1, 0.15) is 23.9 Å². The quantitative estimate of drug-likeness (QED) is 0.915. The zero-order valence-corrected chi connectivity index (χ0v) is 11.9. The van der Waals surface area contributed by atoms with E-state index in [9.17, 15) is 4.39 Å². The van der Waals surface area contributed by atoms with Crippen LogP contribution in [0.15, 0.2) is 24.3 Å². The Morgan fingerprint density at radius 1 is 1.37 bits per heavy atom. The van der Waals surface area contributed by atoms with E-state index in [0.29, 0.717) is 0 Å². The topological polar surface area (TPSA) is 29.9 Å². The zero-order chi connectivity index (χ0) is 14.0. The Bertz CT molecular complexity index is 575. The van der Waals surface area contributed by atoms with Crippen LogP contribution in [0, 0.1) is 19.7 Å². The predicted octanol–water partition coefficient (Wildman–Crippen LogP) is 3.22. The molecule has 0 aliphatic heterocycles. The first-order valence-electron chi connectivity index (χ1n) is 6.48. The van der Waals surface area contributed by atoms with Crippen molar-refractivity contribution >= 4 is 5.69 Å². The number of aryl methyl sites for hydroxylation is 2. The first-order valence-corrected chi connectivity index (χ1v) is 6.48. The third-order valence-electron chi connectivity index (χ3n) is 3.33. The molecule has 0 radical (unpaired) electrons. The smallest absolute Gasteiger partial charge is 0.123 e. The predicted molar refractivity (Wildman–Crippen MR) is 75.9 cm³/mol. The fourth-order valence-electron chi connectivity index (χ4n) is 2.30. The molecular weight excluding hydrogens is 241 g/mol. The van der Waals surface area contributed by atoms with Crippen molar-refractivity contribution in [1.82, 2.24) is 9.78 Å². The number of nitrogens with one attached hydrogen (secondary N) is 1. The number of halogens is 1. The minimum Gasteiger partial charge on any atom is -0.379 e. The fourth-order valence-corrected chi connectivity index (χ4v) is 2.30. The van der Waals surface area contributed by atoms with Crippen LogP contribution in [-0.4, -0.2) is 15.8 Å². The Balaban J connectivity index is 2.07. The van der Waals surface area contributed by atoms with Gasteiger partial charge >= 0.3 is 0 Å². The van der Waals surface area contributed by atoms with E-state index in [2.05, 4.69) is 17.3 Å². The van der Waals surface area contributed by atoms with Gasteiger partial charge in [-0.3, -0.25) is 4.68 Å². The molecule has 102 valence electrons. The average molecular weight is 261 g/mol. The van der Waals surface area contributed by atoms with Gasteiger partial charge < -0.3 is 5.32 Å². The Labute approximate surface area is 113 Å². The van der Waals surface area contributed by atoms with Gasteiger partial charge in [0, 0.05) is 13.1 Å². The molecule has 1 N–H and O–H groups in total. The van der Waals surface area contributed by atoms with E-state index in [1.54, 1.807) is 12.1 Å². The summed E-state index contributed by atoms with van der Waals surface area (Å²) in [5.74, 6) is -0.182. The number of rotatable bonds is 4. The maximum absolute atomic E-state index is 13.1. The van der Waals surface area contributed by atoms with E-state index < -0.39 is 0 Å². The summed E-state index contributed by atoms with van der Waals surface area (Å²) in [5, 5.41) is 7.84. The van der Waals surface area contributed by atoms with Gasteiger partial charge in [0.2, 0.25) is 0 Å². The molecule has 1 heterocycles. The number of benzene rings is 1. The Kier molecular flexibility index (Phi) is 3.88. The molecular formula is C15H20FN3. The Hall–Kier alpha value is -1.84. The van der Waals surface area contributed by atoms with Crippen LogP contribution in [-0.2, 0) is 13.5 Å². The summed E-state index contributed by atoms with van der Waals surface area (Å²) in [6, 6.07) is 6.98. The van der Waals surface area contributed by atoms with Crippen molar-refractivity contribution in [1.29, 1.82) is 0 Å². The summed E-state index contributed by atoms with van der Waals surface area (Å²) in [6.07, 6.45) is 0.783. The molecule has 0 spiro atoms. The minimum absolute atomic E-state index is 0.182. The van der Waals surface area contributed by atoms with Crippen molar-refractivity contribution in [2.75, 3.05) is 5.32 Å². The Morgan fingerprint density at radius 3 is 2.68 bits per heavy atom. The Morgan fingerprint density at radius 2 is 2.11 bits per heavy atom. The van der Waals surface area contributed by atoms with Gasteiger partial charge in [-0.2, -0.15) is 5.10 Å². The first-order chi connectivity index (χ1) is 8.97. The van der Waals surface area contributed by atoms with Gasteiger partial charge in [-0.1, -0.05) is 12.1 Å². The molecule has 19 heavy (non-hydrogen) atoms. The van der Waals surface area contributed by atoms with Crippen LogP contribution < -0.4 is 5.32 Å². The monoisotopic (exact) mass is 261 g/mol. The number of nitrogens with zero attached hydrogens (tertiary/aromatic N) is 2. The molecule has 0 saturated carbocycles. The molecule has 1 aromatic heterocycles. The number of hydrogen-bond acceptors (Lipinski definition) is 2. The van der Waals surface area contributed by atoms with Crippen molar-refractivity contribution in [2.45, 2.75) is 33.2 Å². The SMILES string of the molecule is Cc1nn(C)c(C)c1NC(C)Cc1cccc(F)c1. The highest BCUT2D eigenvalue weighted by Crippen LogP contribution is 2.20. The summed E-state index contributed by atoms with van der Waals surface area (Å²) < 4.78 is 15.0. The molecule has 2 aromatic rings. The second-order valence-electron chi connectivity index (χ2n) is 5.05. The summed E-state index contributed by atoms with van der Waals surface area (Å²) in [7, 11) is 1.94. The van der Waals surface area contributed by atoms with Crippen molar-refractivity contribution in [3.63, 3.8) is 0 Å². The standard InChI is InChI=1S/C15H20FN3/c1-10(8-13-6-5-7-14(16)9-13)17-15-11(2)18-19(4)12(15)3/h5-7,9-10,17H,8H2,1-4H3. The van der Waals surface area contributed by atoms with Gasteiger partial charge in [0.15, 0.2) is 0 Å². The largest absolute Gasteiger partial charge is 0.379 e. The van der Waals surface area contributed by atoms with Gasteiger partial charge in [-0.05, 0) is 44.9 Å². The van der Waals surface area contributed by atoms with Crippen LogP contribution in [0.2, 0.25) is 0 Å². The van der Waals surface area contributed by atoms with E-state index >= 15 is 0 Å². The molecule has 0 amide bonds. The molecule has 2 rings (SSSR count). The van der Waals surface area contributed by atoms with Crippen molar-refractivity contribution in [3.05, 3.63) is 47.0 Å². The highest BCUT2D eigenvalue weighted by Gasteiger charge is 2.12. The fraction of sp³-hybridized carbons (Fsp3) is 0.400. The van der Waals surface area contributed by atoms with Crippen LogP contribution in [0.3, 0.4) is 0 Å². The van der Waals surface area contributed by atoms with Crippen LogP contribution in [0.25, 0.3) is 0 Å². The molecule has 0 fully saturated rings. The second-order valence-corrected chi connectivity index (χ2v) is 5.05. The third-order valence-corrected chi connectivity index (χ3v) is 3.33. The second kappa shape index (κ2) is 5.43. The molecule has 1 atom stereocenters. The third kappa shape index (κ3) is 3.13. The van der Waals surface area contributed by atoms with Crippen LogP contribution in [0.5, 0.6) is 0 Å². The van der Waals surface area contributed by atoms with Crippen LogP contribution in [0.4, 0.5) is 10.1 Å². The van der Waals surface area contributed by atoms with E-state index in [4.69, 9.17) is 0 Å².